The van der Waals surface area contributed by atoms with E-state index in [2.05, 4.69) is 15.5 Å². The molecular formula is C14H19N3O4. The van der Waals surface area contributed by atoms with Crippen LogP contribution in [-0.2, 0) is 0 Å². The Balaban J connectivity index is 1.85. The Bertz CT molecular complexity index is 527. The summed E-state index contributed by atoms with van der Waals surface area (Å²) in [4.78, 5) is 25.1. The summed E-state index contributed by atoms with van der Waals surface area (Å²) in [5, 5.41) is 23.5. The molecule has 1 aromatic carbocycles. The summed E-state index contributed by atoms with van der Waals surface area (Å²) in [5.41, 5.74) is 0.00339. The van der Waals surface area contributed by atoms with Gasteiger partial charge < -0.3 is 25.7 Å². The molecule has 0 atom stereocenters. The number of nitrogens with one attached hydrogen (secondary N) is 2. The van der Waals surface area contributed by atoms with Gasteiger partial charge in [0.25, 0.3) is 0 Å². The van der Waals surface area contributed by atoms with Crippen molar-refractivity contribution in [3.8, 4) is 5.75 Å². The maximum absolute atomic E-state index is 11.7. The Morgan fingerprint density at radius 1 is 1.24 bits per heavy atom. The number of aromatic carboxylic acids is 1. The van der Waals surface area contributed by atoms with Crippen molar-refractivity contribution in [1.29, 1.82) is 0 Å². The van der Waals surface area contributed by atoms with Crippen molar-refractivity contribution in [2.75, 3.05) is 31.5 Å². The molecule has 7 heteroatoms. The van der Waals surface area contributed by atoms with Crippen LogP contribution in [0.3, 0.4) is 0 Å². The molecule has 114 valence electrons. The van der Waals surface area contributed by atoms with E-state index < -0.39 is 12.0 Å². The number of rotatable bonds is 5. The molecule has 1 aliphatic rings. The fraction of sp³-hybridized carbons (Fsp3) is 0.429. The second-order valence-electron chi connectivity index (χ2n) is 4.96. The highest BCUT2D eigenvalue weighted by Gasteiger charge is 2.14. The predicted octanol–water partition coefficient (Wildman–Crippen LogP) is 1.31. The normalized spacial score (nSPS) is 14.9. The van der Waals surface area contributed by atoms with Crippen LogP contribution in [0, 0.1) is 0 Å². The van der Waals surface area contributed by atoms with Gasteiger partial charge in [-0.2, -0.15) is 0 Å². The van der Waals surface area contributed by atoms with Crippen molar-refractivity contribution in [2.24, 2.45) is 0 Å². The molecule has 4 N–H and O–H groups in total. The van der Waals surface area contributed by atoms with E-state index in [-0.39, 0.29) is 17.0 Å². The summed E-state index contributed by atoms with van der Waals surface area (Å²) < 4.78 is 0. The number of likely N-dealkylation sites (tertiary alicyclic amines) is 1. The first-order valence-corrected chi connectivity index (χ1v) is 6.90. The second-order valence-corrected chi connectivity index (χ2v) is 4.96. The van der Waals surface area contributed by atoms with Crippen LogP contribution in [0.25, 0.3) is 0 Å². The lowest BCUT2D eigenvalue weighted by Crippen LogP contribution is -2.36. The molecule has 0 spiro atoms. The average molecular weight is 293 g/mol. The molecule has 2 amide bonds. The summed E-state index contributed by atoms with van der Waals surface area (Å²) in [7, 11) is 0. The maximum Gasteiger partial charge on any atom is 0.337 e. The number of aromatic hydroxyl groups is 1. The van der Waals surface area contributed by atoms with Gasteiger partial charge in [0.1, 0.15) is 5.75 Å². The molecule has 1 aliphatic heterocycles. The number of nitrogens with zero attached hydrogens (tertiary/aromatic N) is 1. The molecule has 7 nitrogen and oxygen atoms in total. The minimum atomic E-state index is -1.21. The number of carbonyl (C=O) groups excluding carboxylic acids is 1. The summed E-state index contributed by atoms with van der Waals surface area (Å²) in [6.45, 7) is 3.41. The summed E-state index contributed by atoms with van der Waals surface area (Å²) in [6.07, 6.45) is 2.39. The summed E-state index contributed by atoms with van der Waals surface area (Å²) in [6, 6.07) is 3.33. The van der Waals surface area contributed by atoms with Crippen molar-refractivity contribution in [3.63, 3.8) is 0 Å². The van der Waals surface area contributed by atoms with Crippen LogP contribution in [0.1, 0.15) is 23.2 Å². The van der Waals surface area contributed by atoms with Gasteiger partial charge in [0.2, 0.25) is 0 Å². The number of carboxylic acid groups (broad SMARTS) is 1. The van der Waals surface area contributed by atoms with Crippen LogP contribution in [0.5, 0.6) is 5.75 Å². The lowest BCUT2D eigenvalue weighted by molar-refractivity contribution is 0.0697. The van der Waals surface area contributed by atoms with Crippen LogP contribution < -0.4 is 10.6 Å². The fourth-order valence-electron chi connectivity index (χ4n) is 2.32. The van der Waals surface area contributed by atoms with Gasteiger partial charge in [-0.15, -0.1) is 0 Å². The number of carboxylic acids is 1. The van der Waals surface area contributed by atoms with Crippen LogP contribution >= 0.6 is 0 Å². The minimum absolute atomic E-state index is 0.148. The number of phenols is 1. The maximum atomic E-state index is 11.7. The van der Waals surface area contributed by atoms with Crippen LogP contribution in [0.4, 0.5) is 10.5 Å². The molecule has 0 radical (unpaired) electrons. The number of amides is 2. The highest BCUT2D eigenvalue weighted by molar-refractivity contribution is 6.00. The molecule has 0 aliphatic carbocycles. The first-order valence-electron chi connectivity index (χ1n) is 6.90. The Morgan fingerprint density at radius 2 is 1.95 bits per heavy atom. The van der Waals surface area contributed by atoms with Crippen LogP contribution in [0.15, 0.2) is 18.2 Å². The molecule has 1 heterocycles. The Kier molecular flexibility index (Phi) is 4.99. The van der Waals surface area contributed by atoms with E-state index >= 15 is 0 Å². The zero-order chi connectivity index (χ0) is 15.2. The topological polar surface area (TPSA) is 102 Å². The Morgan fingerprint density at radius 3 is 2.62 bits per heavy atom. The van der Waals surface area contributed by atoms with Gasteiger partial charge in [-0.3, -0.25) is 0 Å². The molecule has 1 saturated heterocycles. The van der Waals surface area contributed by atoms with Gasteiger partial charge in [-0.25, -0.2) is 9.59 Å². The van der Waals surface area contributed by atoms with E-state index in [4.69, 9.17) is 5.11 Å². The zero-order valence-electron chi connectivity index (χ0n) is 11.6. The SMILES string of the molecule is O=C(NCCN1CCCC1)Nc1ccc(O)cc1C(=O)O. The van der Waals surface area contributed by atoms with Gasteiger partial charge in [0.15, 0.2) is 0 Å². The van der Waals surface area contributed by atoms with E-state index in [1.807, 2.05) is 0 Å². The lowest BCUT2D eigenvalue weighted by Gasteiger charge is -2.15. The first-order chi connectivity index (χ1) is 10.1. The number of phenolic OH excluding ortho intramolecular Hbond substituents is 1. The summed E-state index contributed by atoms with van der Waals surface area (Å²) >= 11 is 0. The number of urea groups is 1. The molecular weight excluding hydrogens is 274 g/mol. The lowest BCUT2D eigenvalue weighted by atomic mass is 10.1. The van der Waals surface area contributed by atoms with Crippen molar-refractivity contribution in [1.82, 2.24) is 10.2 Å². The molecule has 0 aromatic heterocycles. The Hall–Kier alpha value is -2.28. The highest BCUT2D eigenvalue weighted by Crippen LogP contribution is 2.21. The van der Waals surface area contributed by atoms with Crippen molar-refractivity contribution < 1.29 is 19.8 Å². The second kappa shape index (κ2) is 6.94. The van der Waals surface area contributed by atoms with E-state index in [0.717, 1.165) is 25.7 Å². The number of anilines is 1. The van der Waals surface area contributed by atoms with Crippen LogP contribution in [0.2, 0.25) is 0 Å². The monoisotopic (exact) mass is 293 g/mol. The molecule has 0 unspecified atom stereocenters. The van der Waals surface area contributed by atoms with Gasteiger partial charge in [-0.05, 0) is 44.1 Å². The number of hydrogen-bond donors (Lipinski definition) is 4. The molecule has 0 bridgehead atoms. The minimum Gasteiger partial charge on any atom is -0.508 e. The van der Waals surface area contributed by atoms with Gasteiger partial charge in [0, 0.05) is 13.1 Å². The quantitative estimate of drug-likeness (QED) is 0.613. The Labute approximate surface area is 122 Å². The number of benzene rings is 1. The standard InChI is InChI=1S/C14H19N3O4/c18-10-3-4-12(11(9-10)13(19)20)16-14(21)15-5-8-17-6-1-2-7-17/h3-4,9,18H,1-2,5-8H2,(H,19,20)(H2,15,16,21). The number of carbonyl (C=O) groups is 2. The largest absolute Gasteiger partial charge is 0.508 e. The van der Waals surface area contributed by atoms with E-state index in [1.165, 1.54) is 25.0 Å². The number of hydrogen-bond acceptors (Lipinski definition) is 4. The predicted molar refractivity (Wildman–Crippen MR) is 77.8 cm³/mol. The third kappa shape index (κ3) is 4.35. The first kappa shape index (κ1) is 15.1. The van der Waals surface area contributed by atoms with Crippen molar-refractivity contribution in [3.05, 3.63) is 23.8 Å². The molecule has 1 fully saturated rings. The highest BCUT2D eigenvalue weighted by atomic mass is 16.4. The third-order valence-electron chi connectivity index (χ3n) is 3.39. The van der Waals surface area contributed by atoms with Crippen LogP contribution in [-0.4, -0.2) is 53.3 Å². The third-order valence-corrected chi connectivity index (χ3v) is 3.39. The van der Waals surface area contributed by atoms with Gasteiger partial charge in [-0.1, -0.05) is 0 Å². The molecule has 21 heavy (non-hydrogen) atoms. The molecule has 0 saturated carbocycles. The van der Waals surface area contributed by atoms with E-state index in [9.17, 15) is 14.7 Å². The van der Waals surface area contributed by atoms with E-state index in [1.54, 1.807) is 0 Å². The van der Waals surface area contributed by atoms with Gasteiger partial charge in [0.05, 0.1) is 11.3 Å². The van der Waals surface area contributed by atoms with Crippen molar-refractivity contribution in [2.45, 2.75) is 12.8 Å². The average Bonchev–Trinajstić information content (AvgIpc) is 2.94. The molecule has 1 aromatic rings. The smallest absolute Gasteiger partial charge is 0.337 e. The van der Waals surface area contributed by atoms with E-state index in [0.29, 0.717) is 6.54 Å². The molecule has 2 rings (SSSR count). The summed E-state index contributed by atoms with van der Waals surface area (Å²) in [5.74, 6) is -1.37. The zero-order valence-corrected chi connectivity index (χ0v) is 11.6. The van der Waals surface area contributed by atoms with Gasteiger partial charge >= 0.3 is 12.0 Å². The fourth-order valence-corrected chi connectivity index (χ4v) is 2.32. The van der Waals surface area contributed by atoms with Crippen molar-refractivity contribution >= 4 is 17.7 Å².